The maximum Gasteiger partial charge on any atom is 0.0984 e. The third-order valence-electron chi connectivity index (χ3n) is 13.4. The largest absolute Gasteiger partial charge is 0.241 e. The van der Waals surface area contributed by atoms with Crippen molar-refractivity contribution in [2.75, 3.05) is 0 Å². The molecule has 62 heavy (non-hydrogen) atoms. The van der Waals surface area contributed by atoms with E-state index in [2.05, 4.69) is 99.4 Å². The fourth-order valence-corrected chi connectivity index (χ4v) is 14.6. The van der Waals surface area contributed by atoms with Crippen LogP contribution >= 0.6 is 77.2 Å². The molecule has 0 saturated heterocycles. The molecular weight excluding hydrogens is 969 g/mol. The van der Waals surface area contributed by atoms with Gasteiger partial charge in [0.15, 0.2) is 0 Å². The number of fused-ring (bicyclic) bond motifs is 4. The van der Waals surface area contributed by atoms with Crippen LogP contribution in [-0.2, 0) is 25.7 Å². The molecule has 0 aliphatic rings. The van der Waals surface area contributed by atoms with Gasteiger partial charge in [-0.3, -0.25) is 0 Å². The summed E-state index contributed by atoms with van der Waals surface area (Å²) in [7, 11) is 0. The maximum atomic E-state index is 5.06. The zero-order chi connectivity index (χ0) is 44.4. The van der Waals surface area contributed by atoms with Gasteiger partial charge in [-0.2, -0.15) is 0 Å². The van der Waals surface area contributed by atoms with Crippen LogP contribution < -0.4 is 0 Å². The molecule has 0 saturated carbocycles. The third-order valence-corrected chi connectivity index (χ3v) is 19.9. The minimum atomic E-state index is 0.825. The van der Waals surface area contributed by atoms with Gasteiger partial charge in [-0.05, 0) is 119 Å². The van der Waals surface area contributed by atoms with Crippen LogP contribution in [0.15, 0.2) is 21.1 Å². The number of benzene rings is 2. The molecule has 4 unspecified atom stereocenters. The summed E-state index contributed by atoms with van der Waals surface area (Å²) in [6.45, 7) is 18.5. The first-order valence-electron chi connectivity index (χ1n) is 24.9. The van der Waals surface area contributed by atoms with E-state index in [9.17, 15) is 0 Å². The highest BCUT2D eigenvalue weighted by Crippen LogP contribution is 2.44. The minimum Gasteiger partial charge on any atom is -0.241 e. The van der Waals surface area contributed by atoms with Crippen molar-refractivity contribution < 1.29 is 0 Å². The summed E-state index contributed by atoms with van der Waals surface area (Å²) in [5.74, 6) is 3.36. The molecule has 10 heteroatoms. The molecular formula is C52H78Br2N4S4. The third kappa shape index (κ3) is 15.0. The molecule has 0 spiro atoms. The summed E-state index contributed by atoms with van der Waals surface area (Å²) in [5.41, 5.74) is 4.56. The second kappa shape index (κ2) is 27.6. The number of halogens is 2. The van der Waals surface area contributed by atoms with E-state index in [1.54, 1.807) is 0 Å². The van der Waals surface area contributed by atoms with E-state index in [1.165, 1.54) is 178 Å². The van der Waals surface area contributed by atoms with E-state index in [4.69, 9.17) is 19.9 Å². The second-order valence-electron chi connectivity index (χ2n) is 18.0. The van der Waals surface area contributed by atoms with Crippen LogP contribution in [0.4, 0.5) is 0 Å². The summed E-state index contributed by atoms with van der Waals surface area (Å²) < 4.78 is 7.37. The van der Waals surface area contributed by atoms with Crippen LogP contribution in [0.2, 0.25) is 0 Å². The number of unbranched alkanes of at least 4 members (excludes halogenated alkanes) is 4. The summed E-state index contributed by atoms with van der Waals surface area (Å²) in [6, 6.07) is 4.57. The molecule has 2 aromatic carbocycles. The van der Waals surface area contributed by atoms with E-state index >= 15 is 0 Å². The smallest absolute Gasteiger partial charge is 0.0984 e. The lowest BCUT2D eigenvalue weighted by Gasteiger charge is -2.12. The average molecular weight is 1050 g/mol. The first-order chi connectivity index (χ1) is 30.2. The predicted molar refractivity (Wildman–Crippen MR) is 288 cm³/mol. The van der Waals surface area contributed by atoms with Gasteiger partial charge in [-0.1, -0.05) is 158 Å². The van der Waals surface area contributed by atoms with Crippen LogP contribution in [0, 0.1) is 23.7 Å². The van der Waals surface area contributed by atoms with Gasteiger partial charge in [-0.25, -0.2) is 19.9 Å². The zero-order valence-electron chi connectivity index (χ0n) is 39.6. The molecule has 4 nitrogen and oxygen atoms in total. The molecule has 0 bridgehead atoms. The molecule has 4 aromatic heterocycles. The highest BCUT2D eigenvalue weighted by atomic mass is 79.9. The van der Waals surface area contributed by atoms with Crippen LogP contribution in [0.3, 0.4) is 0 Å². The molecule has 0 aliphatic heterocycles. The van der Waals surface area contributed by atoms with Crippen LogP contribution in [-0.4, -0.2) is 19.9 Å². The lowest BCUT2D eigenvalue weighted by atomic mass is 9.94. The van der Waals surface area contributed by atoms with Crippen molar-refractivity contribution in [1.82, 2.24) is 19.9 Å². The monoisotopic (exact) mass is 1040 g/mol. The van der Waals surface area contributed by atoms with E-state index in [1.807, 2.05) is 45.3 Å². The van der Waals surface area contributed by atoms with Gasteiger partial charge < -0.3 is 0 Å². The number of hydrogen-bond acceptors (Lipinski definition) is 8. The summed E-state index contributed by atoms with van der Waals surface area (Å²) >= 11 is 15.2. The zero-order valence-corrected chi connectivity index (χ0v) is 46.1. The number of thiazole rings is 4. The molecule has 344 valence electrons. The molecule has 0 N–H and O–H groups in total. The Morgan fingerprint density at radius 3 is 0.968 bits per heavy atom. The average Bonchev–Trinajstić information content (AvgIpc) is 4.10. The van der Waals surface area contributed by atoms with E-state index in [0.29, 0.717) is 0 Å². The van der Waals surface area contributed by atoms with Crippen molar-refractivity contribution in [3.8, 4) is 0 Å². The maximum absolute atomic E-state index is 5.06. The van der Waals surface area contributed by atoms with Crippen molar-refractivity contribution in [1.29, 1.82) is 0 Å². The standard InChI is InChI=1S/C26H38Br2N2S2.C26H40N2S2/c1-5-9-11-17(7-3)13-15-19-29-23-21(27)26-24(22(28)25(23)31-19)30-20(32-26)16-14-18(8-4)12-10-6-2;1-5-9-11-19(7-3)13-15-25-27-21-17-24-22(18-23(21)29-25)28-26(30-24)16-14-20(8-4)12-10-6-2/h17-18H,5-16H2,1-4H3;17-20H,5-16H2,1-4H3. The topological polar surface area (TPSA) is 51.6 Å². The highest BCUT2D eigenvalue weighted by Gasteiger charge is 2.21. The molecule has 0 amide bonds. The quantitative estimate of drug-likeness (QED) is 0.0491. The SMILES string of the molecule is CCCCC(CC)CCc1nc2c(Br)c3sc(CCC(CC)CCCC)nc3c(Br)c2s1.CCCCC(CC)CCc1nc2cc3sc(CCC(CC)CCCC)nc3cc2s1. The first-order valence-corrected chi connectivity index (χ1v) is 29.8. The first kappa shape index (κ1) is 51.9. The lowest BCUT2D eigenvalue weighted by molar-refractivity contribution is 0.421. The molecule has 0 fully saturated rings. The van der Waals surface area contributed by atoms with E-state index in [-0.39, 0.29) is 0 Å². The number of aromatic nitrogens is 4. The fourth-order valence-electron chi connectivity index (χ4n) is 8.90. The minimum absolute atomic E-state index is 0.825. The predicted octanol–water partition coefficient (Wildman–Crippen LogP) is 19.9. The Balaban J connectivity index is 0.000000235. The molecule has 6 rings (SSSR count). The summed E-state index contributed by atoms with van der Waals surface area (Å²) in [4.78, 5) is 20.1. The summed E-state index contributed by atoms with van der Waals surface area (Å²) in [6.07, 6.45) is 30.7. The normalized spacial score (nSPS) is 14.0. The van der Waals surface area contributed by atoms with Crippen LogP contribution in [0.25, 0.3) is 40.9 Å². The summed E-state index contributed by atoms with van der Waals surface area (Å²) in [5, 5.41) is 5.13. The molecule has 6 aromatic rings. The lowest BCUT2D eigenvalue weighted by Crippen LogP contribution is -2.00. The molecule has 4 heterocycles. The Kier molecular flexibility index (Phi) is 23.1. The Hall–Kier alpha value is -1.04. The Morgan fingerprint density at radius 2 is 0.694 bits per heavy atom. The van der Waals surface area contributed by atoms with Gasteiger partial charge >= 0.3 is 0 Å². The molecule has 0 radical (unpaired) electrons. The number of nitrogens with zero attached hydrogens (tertiary/aromatic N) is 4. The van der Waals surface area contributed by atoms with Gasteiger partial charge in [0.1, 0.15) is 0 Å². The number of aryl methyl sites for hydroxylation is 4. The van der Waals surface area contributed by atoms with Gasteiger partial charge in [-0.15, -0.1) is 45.3 Å². The number of rotatable bonds is 28. The van der Waals surface area contributed by atoms with Crippen LogP contribution in [0.5, 0.6) is 0 Å². The fraction of sp³-hybridized carbons (Fsp3) is 0.692. The van der Waals surface area contributed by atoms with Gasteiger partial charge in [0.2, 0.25) is 0 Å². The number of hydrogen-bond donors (Lipinski definition) is 0. The van der Waals surface area contributed by atoms with Crippen molar-refractivity contribution in [2.24, 2.45) is 23.7 Å². The Bertz CT molecular complexity index is 1950. The van der Waals surface area contributed by atoms with Crippen LogP contribution in [0.1, 0.15) is 204 Å². The van der Waals surface area contributed by atoms with E-state index in [0.717, 1.165) is 69.3 Å². The van der Waals surface area contributed by atoms with Crippen molar-refractivity contribution >= 4 is 118 Å². The van der Waals surface area contributed by atoms with Gasteiger partial charge in [0.05, 0.1) is 69.8 Å². The van der Waals surface area contributed by atoms with Crippen molar-refractivity contribution in [3.63, 3.8) is 0 Å². The van der Waals surface area contributed by atoms with Gasteiger partial charge in [0.25, 0.3) is 0 Å². The van der Waals surface area contributed by atoms with Crippen molar-refractivity contribution in [2.45, 2.75) is 209 Å². The molecule has 0 aliphatic carbocycles. The van der Waals surface area contributed by atoms with Gasteiger partial charge in [0, 0.05) is 0 Å². The van der Waals surface area contributed by atoms with Crippen molar-refractivity contribution in [3.05, 3.63) is 41.1 Å². The highest BCUT2D eigenvalue weighted by molar-refractivity contribution is 9.11. The Labute approximate surface area is 409 Å². The molecule has 4 atom stereocenters. The second-order valence-corrected chi connectivity index (χ2v) is 24.0. The van der Waals surface area contributed by atoms with E-state index < -0.39 is 0 Å². The Morgan fingerprint density at radius 1 is 0.403 bits per heavy atom.